The summed E-state index contributed by atoms with van der Waals surface area (Å²) in [6.45, 7) is 0. The minimum absolute atomic E-state index is 0.190. The zero-order valence-electron chi connectivity index (χ0n) is 16.0. The second-order valence-corrected chi connectivity index (χ2v) is 10.3. The Labute approximate surface area is 197 Å². The molecule has 0 N–H and O–H groups in total. The van der Waals surface area contributed by atoms with Crippen LogP contribution in [0.5, 0.6) is 23.0 Å². The molecule has 31 heavy (non-hydrogen) atoms. The van der Waals surface area contributed by atoms with Crippen LogP contribution in [0.3, 0.4) is 0 Å². The molecule has 4 aromatic rings. The molecule has 0 atom stereocenters. The molecular formula is C24H16Br2O4S. The summed E-state index contributed by atoms with van der Waals surface area (Å²) in [4.78, 5) is 0.381. The number of halogens is 2. The summed E-state index contributed by atoms with van der Waals surface area (Å²) in [7, 11) is -3.66. The second-order valence-electron chi connectivity index (χ2n) is 6.56. The van der Waals surface area contributed by atoms with Crippen molar-refractivity contribution in [1.82, 2.24) is 0 Å². The van der Waals surface area contributed by atoms with Crippen LogP contribution in [0.15, 0.2) is 116 Å². The van der Waals surface area contributed by atoms with Gasteiger partial charge in [-0.25, -0.2) is 8.42 Å². The van der Waals surface area contributed by atoms with Gasteiger partial charge in [-0.15, -0.1) is 0 Å². The van der Waals surface area contributed by atoms with Gasteiger partial charge < -0.3 is 9.47 Å². The molecule has 0 aliphatic rings. The van der Waals surface area contributed by atoms with Gasteiger partial charge in [0.15, 0.2) is 0 Å². The highest BCUT2D eigenvalue weighted by Gasteiger charge is 2.18. The molecule has 0 aliphatic heterocycles. The molecule has 156 valence electrons. The van der Waals surface area contributed by atoms with E-state index in [1.807, 2.05) is 48.5 Å². The molecule has 0 heterocycles. The van der Waals surface area contributed by atoms with Gasteiger partial charge in [0.05, 0.1) is 9.79 Å². The van der Waals surface area contributed by atoms with Crippen molar-refractivity contribution in [3.63, 3.8) is 0 Å². The van der Waals surface area contributed by atoms with E-state index in [1.54, 1.807) is 24.3 Å². The van der Waals surface area contributed by atoms with Crippen LogP contribution in [0.4, 0.5) is 0 Å². The fourth-order valence-corrected chi connectivity index (χ4v) is 4.72. The topological polar surface area (TPSA) is 52.6 Å². The Balaban J connectivity index is 1.49. The standard InChI is InChI=1S/C24H16Br2O4S/c25-17-4-6-19(7-5-17)29-20-8-12-23(13-9-20)31(27,28)24-14-10-21(11-15-24)30-22-3-1-2-18(26)16-22/h1-16H. The van der Waals surface area contributed by atoms with Gasteiger partial charge in [-0.3, -0.25) is 0 Å². The first kappa shape index (κ1) is 21.6. The summed E-state index contributed by atoms with van der Waals surface area (Å²) in [5.74, 6) is 2.43. The molecular weight excluding hydrogens is 544 g/mol. The van der Waals surface area contributed by atoms with Crippen molar-refractivity contribution in [3.8, 4) is 23.0 Å². The summed E-state index contributed by atoms with van der Waals surface area (Å²) in [5.41, 5.74) is 0. The summed E-state index contributed by atoms with van der Waals surface area (Å²) in [5, 5.41) is 0. The summed E-state index contributed by atoms with van der Waals surface area (Å²) >= 11 is 6.77. The van der Waals surface area contributed by atoms with E-state index in [9.17, 15) is 8.42 Å². The monoisotopic (exact) mass is 558 g/mol. The van der Waals surface area contributed by atoms with Gasteiger partial charge in [0, 0.05) is 8.95 Å². The third-order valence-electron chi connectivity index (χ3n) is 4.35. The maximum Gasteiger partial charge on any atom is 0.206 e. The molecule has 7 heteroatoms. The van der Waals surface area contributed by atoms with E-state index < -0.39 is 9.84 Å². The fourth-order valence-electron chi connectivity index (χ4n) is 2.82. The maximum atomic E-state index is 13.0. The largest absolute Gasteiger partial charge is 0.457 e. The first-order valence-electron chi connectivity index (χ1n) is 9.22. The van der Waals surface area contributed by atoms with Crippen molar-refractivity contribution in [2.24, 2.45) is 0 Å². The fraction of sp³-hybridized carbons (Fsp3) is 0. The Morgan fingerprint density at radius 2 is 0.968 bits per heavy atom. The van der Waals surface area contributed by atoms with Crippen LogP contribution in [0.25, 0.3) is 0 Å². The van der Waals surface area contributed by atoms with Crippen LogP contribution in [0.2, 0.25) is 0 Å². The zero-order chi connectivity index (χ0) is 21.8. The molecule has 4 aromatic carbocycles. The SMILES string of the molecule is O=S(=O)(c1ccc(Oc2ccc(Br)cc2)cc1)c1ccc(Oc2cccc(Br)c2)cc1. The lowest BCUT2D eigenvalue weighted by atomic mass is 10.3. The van der Waals surface area contributed by atoms with E-state index in [1.165, 1.54) is 24.3 Å². The van der Waals surface area contributed by atoms with Crippen LogP contribution < -0.4 is 9.47 Å². The third kappa shape index (κ3) is 5.36. The van der Waals surface area contributed by atoms with Gasteiger partial charge in [-0.2, -0.15) is 0 Å². The Hall–Kier alpha value is -2.61. The van der Waals surface area contributed by atoms with Gasteiger partial charge in [-0.1, -0.05) is 37.9 Å². The molecule has 4 nitrogen and oxygen atoms in total. The van der Waals surface area contributed by atoms with E-state index in [4.69, 9.17) is 9.47 Å². The van der Waals surface area contributed by atoms with Crippen LogP contribution >= 0.6 is 31.9 Å². The zero-order valence-corrected chi connectivity index (χ0v) is 20.0. The highest BCUT2D eigenvalue weighted by atomic mass is 79.9. The Bertz CT molecular complexity index is 1290. The average molecular weight is 560 g/mol. The average Bonchev–Trinajstić information content (AvgIpc) is 2.76. The lowest BCUT2D eigenvalue weighted by Gasteiger charge is -2.09. The minimum Gasteiger partial charge on any atom is -0.457 e. The molecule has 0 radical (unpaired) electrons. The second kappa shape index (κ2) is 9.26. The highest BCUT2D eigenvalue weighted by Crippen LogP contribution is 2.29. The Morgan fingerprint density at radius 1 is 0.516 bits per heavy atom. The van der Waals surface area contributed by atoms with Gasteiger partial charge in [-0.05, 0) is 91.0 Å². The van der Waals surface area contributed by atoms with Crippen LogP contribution in [0.1, 0.15) is 0 Å². The Kier molecular flexibility index (Phi) is 6.46. The van der Waals surface area contributed by atoms with Crippen molar-refractivity contribution < 1.29 is 17.9 Å². The number of hydrogen-bond acceptors (Lipinski definition) is 4. The van der Waals surface area contributed by atoms with Crippen LogP contribution in [-0.4, -0.2) is 8.42 Å². The summed E-state index contributed by atoms with van der Waals surface area (Å²) in [6.07, 6.45) is 0. The van der Waals surface area contributed by atoms with E-state index in [0.717, 1.165) is 8.95 Å². The first-order chi connectivity index (χ1) is 14.9. The molecule has 0 aromatic heterocycles. The molecule has 0 unspecified atom stereocenters. The highest BCUT2D eigenvalue weighted by molar-refractivity contribution is 9.10. The Morgan fingerprint density at radius 3 is 1.45 bits per heavy atom. The molecule has 0 amide bonds. The van der Waals surface area contributed by atoms with Gasteiger partial charge in [0.2, 0.25) is 9.84 Å². The van der Waals surface area contributed by atoms with Crippen LogP contribution in [0, 0.1) is 0 Å². The van der Waals surface area contributed by atoms with E-state index >= 15 is 0 Å². The predicted molar refractivity (Wildman–Crippen MR) is 127 cm³/mol. The number of sulfone groups is 1. The van der Waals surface area contributed by atoms with Crippen molar-refractivity contribution in [1.29, 1.82) is 0 Å². The molecule has 0 fully saturated rings. The first-order valence-corrected chi connectivity index (χ1v) is 12.3. The molecule has 0 saturated heterocycles. The van der Waals surface area contributed by atoms with E-state index in [0.29, 0.717) is 23.0 Å². The van der Waals surface area contributed by atoms with Gasteiger partial charge in [0.25, 0.3) is 0 Å². The smallest absolute Gasteiger partial charge is 0.206 e. The maximum absolute atomic E-state index is 13.0. The number of rotatable bonds is 6. The van der Waals surface area contributed by atoms with Crippen molar-refractivity contribution >= 4 is 41.7 Å². The molecule has 0 bridgehead atoms. The van der Waals surface area contributed by atoms with Crippen LogP contribution in [-0.2, 0) is 9.84 Å². The quantitative estimate of drug-likeness (QED) is 0.244. The lowest BCUT2D eigenvalue weighted by molar-refractivity contribution is 0.482. The minimum atomic E-state index is -3.66. The van der Waals surface area contributed by atoms with Gasteiger partial charge >= 0.3 is 0 Å². The summed E-state index contributed by atoms with van der Waals surface area (Å²) in [6, 6.07) is 27.5. The molecule has 0 aliphatic carbocycles. The molecule has 0 spiro atoms. The number of benzene rings is 4. The van der Waals surface area contributed by atoms with E-state index in [-0.39, 0.29) is 9.79 Å². The normalized spacial score (nSPS) is 11.2. The lowest BCUT2D eigenvalue weighted by Crippen LogP contribution is -2.01. The number of hydrogen-bond donors (Lipinski definition) is 0. The number of ether oxygens (including phenoxy) is 2. The molecule has 4 rings (SSSR count). The van der Waals surface area contributed by atoms with Crippen molar-refractivity contribution in [3.05, 3.63) is 106 Å². The van der Waals surface area contributed by atoms with Crippen molar-refractivity contribution in [2.45, 2.75) is 9.79 Å². The third-order valence-corrected chi connectivity index (χ3v) is 7.16. The predicted octanol–water partition coefficient (Wildman–Crippen LogP) is 7.63. The van der Waals surface area contributed by atoms with Gasteiger partial charge in [0.1, 0.15) is 23.0 Å². The van der Waals surface area contributed by atoms with Crippen molar-refractivity contribution in [2.75, 3.05) is 0 Å². The van der Waals surface area contributed by atoms with E-state index in [2.05, 4.69) is 31.9 Å². The summed E-state index contributed by atoms with van der Waals surface area (Å²) < 4.78 is 39.3. The molecule has 0 saturated carbocycles.